The summed E-state index contributed by atoms with van der Waals surface area (Å²) in [5, 5.41) is 0. The highest BCUT2D eigenvalue weighted by molar-refractivity contribution is 7.17. The first-order valence-electron chi connectivity index (χ1n) is 7.58. The molecule has 0 radical (unpaired) electrons. The quantitative estimate of drug-likeness (QED) is 0.580. The van der Waals surface area contributed by atoms with Crippen LogP contribution in [0.4, 0.5) is 0 Å². The van der Waals surface area contributed by atoms with E-state index in [9.17, 15) is 4.79 Å². The van der Waals surface area contributed by atoms with Crippen LogP contribution in [0.2, 0.25) is 0 Å². The molecule has 1 aliphatic carbocycles. The number of carbonyl (C=O) groups is 1. The zero-order valence-corrected chi connectivity index (χ0v) is 13.4. The standard InChI is InChI=1S/C18H20O2S/c1-3-4-9-20-15-7-8-16-13(10-15)5-6-14-11-17(12(2)19)21-18(14)16/h7-8,10-11H,3-6,9H2,1-2H3. The average molecular weight is 300 g/mol. The van der Waals surface area contributed by atoms with Gasteiger partial charge in [0.15, 0.2) is 5.78 Å². The first kappa shape index (κ1) is 14.3. The number of ketones is 1. The van der Waals surface area contributed by atoms with Crippen LogP contribution < -0.4 is 4.74 Å². The molecule has 0 N–H and O–H groups in total. The molecular weight excluding hydrogens is 280 g/mol. The summed E-state index contributed by atoms with van der Waals surface area (Å²) < 4.78 is 5.79. The van der Waals surface area contributed by atoms with Gasteiger partial charge >= 0.3 is 0 Å². The lowest BCUT2D eigenvalue weighted by molar-refractivity contribution is 0.102. The van der Waals surface area contributed by atoms with Gasteiger partial charge in [0.25, 0.3) is 0 Å². The molecule has 110 valence electrons. The molecule has 1 heterocycles. The molecule has 2 aromatic rings. The molecule has 1 aromatic carbocycles. The molecule has 2 nitrogen and oxygen atoms in total. The number of aryl methyl sites for hydroxylation is 2. The Morgan fingerprint density at radius 2 is 2.05 bits per heavy atom. The molecule has 0 saturated carbocycles. The Morgan fingerprint density at radius 1 is 1.24 bits per heavy atom. The number of rotatable bonds is 5. The highest BCUT2D eigenvalue weighted by Gasteiger charge is 2.20. The van der Waals surface area contributed by atoms with Crippen molar-refractivity contribution in [3.63, 3.8) is 0 Å². The van der Waals surface area contributed by atoms with Crippen molar-refractivity contribution < 1.29 is 9.53 Å². The predicted molar refractivity (Wildman–Crippen MR) is 87.6 cm³/mol. The number of hydrogen-bond acceptors (Lipinski definition) is 3. The Morgan fingerprint density at radius 3 is 2.81 bits per heavy atom. The number of fused-ring (bicyclic) bond motifs is 3. The number of benzene rings is 1. The zero-order chi connectivity index (χ0) is 14.8. The fraction of sp³-hybridized carbons (Fsp3) is 0.389. The molecule has 0 fully saturated rings. The monoisotopic (exact) mass is 300 g/mol. The minimum Gasteiger partial charge on any atom is -0.494 e. The molecule has 0 spiro atoms. The van der Waals surface area contributed by atoms with Gasteiger partial charge in [-0.3, -0.25) is 4.79 Å². The van der Waals surface area contributed by atoms with Crippen molar-refractivity contribution in [2.24, 2.45) is 0 Å². The summed E-state index contributed by atoms with van der Waals surface area (Å²) in [5.41, 5.74) is 3.93. The maximum atomic E-state index is 11.6. The molecule has 3 rings (SSSR count). The van der Waals surface area contributed by atoms with Gasteiger partial charge in [-0.05, 0) is 67.1 Å². The van der Waals surface area contributed by atoms with E-state index in [1.807, 2.05) is 0 Å². The van der Waals surface area contributed by atoms with E-state index in [1.54, 1.807) is 18.3 Å². The molecule has 0 bridgehead atoms. The molecule has 0 aliphatic heterocycles. The van der Waals surface area contributed by atoms with Gasteiger partial charge < -0.3 is 4.74 Å². The summed E-state index contributed by atoms with van der Waals surface area (Å²) in [7, 11) is 0. The van der Waals surface area contributed by atoms with Crippen molar-refractivity contribution in [2.45, 2.75) is 39.5 Å². The summed E-state index contributed by atoms with van der Waals surface area (Å²) >= 11 is 1.62. The normalized spacial score (nSPS) is 12.7. The zero-order valence-electron chi connectivity index (χ0n) is 12.6. The van der Waals surface area contributed by atoms with Crippen LogP contribution in [0, 0.1) is 0 Å². The number of Topliss-reactive ketones (excluding diaryl/α,β-unsaturated/α-hetero) is 1. The van der Waals surface area contributed by atoms with Crippen LogP contribution in [0.15, 0.2) is 24.3 Å². The van der Waals surface area contributed by atoms with Crippen LogP contribution in [0.25, 0.3) is 10.4 Å². The largest absolute Gasteiger partial charge is 0.494 e. The van der Waals surface area contributed by atoms with Gasteiger partial charge in [-0.1, -0.05) is 13.3 Å². The van der Waals surface area contributed by atoms with Crippen molar-refractivity contribution >= 4 is 17.1 Å². The van der Waals surface area contributed by atoms with E-state index >= 15 is 0 Å². The summed E-state index contributed by atoms with van der Waals surface area (Å²) in [5.74, 6) is 1.13. The van der Waals surface area contributed by atoms with Gasteiger partial charge in [-0.25, -0.2) is 0 Å². The third-order valence-electron chi connectivity index (χ3n) is 3.91. The lowest BCUT2D eigenvalue weighted by atomic mass is 9.91. The Balaban J connectivity index is 1.89. The smallest absolute Gasteiger partial charge is 0.169 e. The van der Waals surface area contributed by atoms with Crippen molar-refractivity contribution in [1.82, 2.24) is 0 Å². The molecule has 0 saturated heterocycles. The van der Waals surface area contributed by atoms with E-state index in [2.05, 4.69) is 31.2 Å². The Labute approximate surface area is 129 Å². The minimum atomic E-state index is 0.162. The van der Waals surface area contributed by atoms with Crippen LogP contribution in [0.3, 0.4) is 0 Å². The van der Waals surface area contributed by atoms with Crippen LogP contribution >= 0.6 is 11.3 Å². The number of hydrogen-bond donors (Lipinski definition) is 0. The molecule has 0 amide bonds. The lowest BCUT2D eigenvalue weighted by Gasteiger charge is -2.17. The van der Waals surface area contributed by atoms with Gasteiger partial charge in [0.1, 0.15) is 5.75 Å². The lowest BCUT2D eigenvalue weighted by Crippen LogP contribution is -2.03. The summed E-state index contributed by atoms with van der Waals surface area (Å²) in [6.45, 7) is 4.60. The van der Waals surface area contributed by atoms with E-state index in [-0.39, 0.29) is 5.78 Å². The number of unbranched alkanes of at least 4 members (excludes halogenated alkanes) is 1. The Kier molecular flexibility index (Phi) is 4.11. The molecule has 0 atom stereocenters. The van der Waals surface area contributed by atoms with E-state index < -0.39 is 0 Å². The van der Waals surface area contributed by atoms with E-state index in [0.29, 0.717) is 0 Å². The van der Waals surface area contributed by atoms with Crippen molar-refractivity contribution in [2.75, 3.05) is 6.61 Å². The average Bonchev–Trinajstić information content (AvgIpc) is 2.92. The molecule has 3 heteroatoms. The maximum absolute atomic E-state index is 11.6. The second-order valence-corrected chi connectivity index (χ2v) is 6.59. The Bertz CT molecular complexity index is 670. The fourth-order valence-electron chi connectivity index (χ4n) is 2.71. The topological polar surface area (TPSA) is 26.3 Å². The van der Waals surface area contributed by atoms with Crippen LogP contribution in [-0.2, 0) is 12.8 Å². The Hall–Kier alpha value is -1.61. The third kappa shape index (κ3) is 2.88. The highest BCUT2D eigenvalue weighted by atomic mass is 32.1. The highest BCUT2D eigenvalue weighted by Crippen LogP contribution is 2.40. The SMILES string of the molecule is CCCCOc1ccc2c(c1)CCc1cc(C(C)=O)sc1-2. The summed E-state index contributed by atoms with van der Waals surface area (Å²) in [4.78, 5) is 13.7. The minimum absolute atomic E-state index is 0.162. The first-order chi connectivity index (χ1) is 10.2. The van der Waals surface area contributed by atoms with Crippen LogP contribution in [0.5, 0.6) is 5.75 Å². The second-order valence-electron chi connectivity index (χ2n) is 5.54. The van der Waals surface area contributed by atoms with Crippen molar-refractivity contribution in [3.8, 4) is 16.2 Å². The van der Waals surface area contributed by atoms with Gasteiger partial charge in [0, 0.05) is 4.88 Å². The molecule has 1 aromatic heterocycles. The van der Waals surface area contributed by atoms with Crippen molar-refractivity contribution in [3.05, 3.63) is 40.3 Å². The van der Waals surface area contributed by atoms with Gasteiger partial charge in [0.05, 0.1) is 11.5 Å². The molecule has 21 heavy (non-hydrogen) atoms. The molecular formula is C18H20O2S. The van der Waals surface area contributed by atoms with E-state index in [0.717, 1.165) is 42.9 Å². The first-order valence-corrected chi connectivity index (χ1v) is 8.40. The fourth-order valence-corrected chi connectivity index (χ4v) is 3.87. The third-order valence-corrected chi connectivity index (χ3v) is 5.22. The predicted octanol–water partition coefficient (Wildman–Crippen LogP) is 4.90. The molecule has 1 aliphatic rings. The van der Waals surface area contributed by atoms with E-state index in [1.165, 1.54) is 21.6 Å². The number of carbonyl (C=O) groups excluding carboxylic acids is 1. The van der Waals surface area contributed by atoms with Gasteiger partial charge in [-0.2, -0.15) is 0 Å². The van der Waals surface area contributed by atoms with E-state index in [4.69, 9.17) is 4.74 Å². The van der Waals surface area contributed by atoms with Crippen LogP contribution in [-0.4, -0.2) is 12.4 Å². The number of ether oxygens (including phenoxy) is 1. The van der Waals surface area contributed by atoms with Gasteiger partial charge in [0.2, 0.25) is 0 Å². The summed E-state index contributed by atoms with van der Waals surface area (Å²) in [6.07, 6.45) is 4.29. The molecule has 0 unspecified atom stereocenters. The second kappa shape index (κ2) is 6.02. The van der Waals surface area contributed by atoms with Crippen LogP contribution in [0.1, 0.15) is 47.5 Å². The van der Waals surface area contributed by atoms with Gasteiger partial charge in [-0.15, -0.1) is 11.3 Å². The summed E-state index contributed by atoms with van der Waals surface area (Å²) in [6, 6.07) is 8.43. The van der Waals surface area contributed by atoms with Crippen molar-refractivity contribution in [1.29, 1.82) is 0 Å². The number of thiophene rings is 1. The maximum Gasteiger partial charge on any atom is 0.169 e.